The predicted octanol–water partition coefficient (Wildman–Crippen LogP) is 3.00. The molecule has 0 spiro atoms. The van der Waals surface area contributed by atoms with Gasteiger partial charge in [-0.05, 0) is 50.5 Å². The van der Waals surface area contributed by atoms with Crippen molar-refractivity contribution in [1.29, 1.82) is 0 Å². The van der Waals surface area contributed by atoms with Gasteiger partial charge >= 0.3 is 0 Å². The van der Waals surface area contributed by atoms with E-state index in [1.165, 1.54) is 31.3 Å². The van der Waals surface area contributed by atoms with Crippen LogP contribution in [-0.4, -0.2) is 18.0 Å². The molecular weight excluding hydrogens is 188 g/mol. The average molecular weight is 210 g/mol. The van der Waals surface area contributed by atoms with Gasteiger partial charge in [0.1, 0.15) is 6.29 Å². The minimum Gasteiger partial charge on any atom is -0.396 e. The maximum atomic E-state index is 10.8. The summed E-state index contributed by atoms with van der Waals surface area (Å²) < 4.78 is 0. The third-order valence-electron chi connectivity index (χ3n) is 3.16. The Morgan fingerprint density at radius 3 is 2.53 bits per heavy atom. The number of hydrogen-bond acceptors (Lipinski definition) is 2. The van der Waals surface area contributed by atoms with E-state index in [1.807, 2.05) is 0 Å². The van der Waals surface area contributed by atoms with Gasteiger partial charge in [0, 0.05) is 6.61 Å². The Kier molecular flexibility index (Phi) is 6.33. The van der Waals surface area contributed by atoms with Gasteiger partial charge in [0.25, 0.3) is 0 Å². The van der Waals surface area contributed by atoms with Crippen LogP contribution in [0.25, 0.3) is 0 Å². The zero-order valence-electron chi connectivity index (χ0n) is 9.50. The van der Waals surface area contributed by atoms with E-state index >= 15 is 0 Å². The summed E-state index contributed by atoms with van der Waals surface area (Å²) >= 11 is 0. The summed E-state index contributed by atoms with van der Waals surface area (Å²) in [6, 6.07) is 0. The van der Waals surface area contributed by atoms with Crippen LogP contribution in [0.5, 0.6) is 0 Å². The molecule has 0 heterocycles. The highest BCUT2D eigenvalue weighted by Gasteiger charge is 2.11. The number of aliphatic hydroxyl groups is 1. The van der Waals surface area contributed by atoms with Crippen LogP contribution in [-0.2, 0) is 4.79 Å². The van der Waals surface area contributed by atoms with Gasteiger partial charge in [0.15, 0.2) is 0 Å². The van der Waals surface area contributed by atoms with Crippen molar-refractivity contribution in [3.63, 3.8) is 0 Å². The minimum absolute atomic E-state index is 0.308. The number of aliphatic hydroxyl groups excluding tert-OH is 1. The van der Waals surface area contributed by atoms with E-state index in [4.69, 9.17) is 5.11 Å². The van der Waals surface area contributed by atoms with Gasteiger partial charge in [-0.15, -0.1) is 0 Å². The molecule has 2 heteroatoms. The molecule has 0 bridgehead atoms. The zero-order chi connectivity index (χ0) is 10.9. The highest BCUT2D eigenvalue weighted by molar-refractivity contribution is 5.74. The summed E-state index contributed by atoms with van der Waals surface area (Å²) in [4.78, 5) is 10.8. The largest absolute Gasteiger partial charge is 0.396 e. The molecule has 1 aliphatic carbocycles. The Balaban J connectivity index is 2.23. The molecule has 0 saturated carbocycles. The number of carbonyl (C=O) groups excluding carboxylic acids is 1. The average Bonchev–Trinajstić information content (AvgIpc) is 2.29. The van der Waals surface area contributed by atoms with E-state index in [2.05, 4.69) is 0 Å². The van der Waals surface area contributed by atoms with Crippen molar-refractivity contribution in [2.75, 3.05) is 6.61 Å². The van der Waals surface area contributed by atoms with Crippen LogP contribution >= 0.6 is 0 Å². The Labute approximate surface area is 92.4 Å². The molecule has 15 heavy (non-hydrogen) atoms. The first-order valence-corrected chi connectivity index (χ1v) is 6.15. The molecule has 0 saturated heterocycles. The second-order valence-electron chi connectivity index (χ2n) is 4.34. The molecule has 0 radical (unpaired) electrons. The lowest BCUT2D eigenvalue weighted by Crippen LogP contribution is -2.01. The highest BCUT2D eigenvalue weighted by atomic mass is 16.2. The maximum absolute atomic E-state index is 10.8. The van der Waals surface area contributed by atoms with Crippen LogP contribution in [0.1, 0.15) is 57.8 Å². The van der Waals surface area contributed by atoms with Crippen molar-refractivity contribution in [3.8, 4) is 0 Å². The fourth-order valence-corrected chi connectivity index (χ4v) is 2.22. The van der Waals surface area contributed by atoms with Crippen LogP contribution < -0.4 is 0 Å². The van der Waals surface area contributed by atoms with Crippen molar-refractivity contribution in [1.82, 2.24) is 0 Å². The first-order chi connectivity index (χ1) is 7.38. The van der Waals surface area contributed by atoms with Crippen LogP contribution in [0, 0.1) is 0 Å². The first kappa shape index (κ1) is 12.4. The monoisotopic (exact) mass is 210 g/mol. The standard InChI is InChI=1S/C13H22O2/c14-10-6-2-1-3-7-12-8-4-5-9-13(12)11-15/h11,14H,1-10H2. The van der Waals surface area contributed by atoms with E-state index in [0.29, 0.717) is 6.61 Å². The number of unbranched alkanes of at least 4 members (excludes halogenated alkanes) is 3. The van der Waals surface area contributed by atoms with Gasteiger partial charge in [-0.2, -0.15) is 0 Å². The number of allylic oxidation sites excluding steroid dienone is 2. The Hall–Kier alpha value is -0.630. The van der Waals surface area contributed by atoms with Crippen LogP contribution in [0.3, 0.4) is 0 Å². The fraction of sp³-hybridized carbons (Fsp3) is 0.769. The van der Waals surface area contributed by atoms with E-state index in [9.17, 15) is 4.79 Å². The molecule has 0 aliphatic heterocycles. The molecule has 0 atom stereocenters. The maximum Gasteiger partial charge on any atom is 0.145 e. The summed E-state index contributed by atoms with van der Waals surface area (Å²) in [5.74, 6) is 0. The van der Waals surface area contributed by atoms with Gasteiger partial charge < -0.3 is 5.11 Å². The molecule has 0 aromatic carbocycles. The molecule has 86 valence electrons. The second-order valence-corrected chi connectivity index (χ2v) is 4.34. The topological polar surface area (TPSA) is 37.3 Å². The van der Waals surface area contributed by atoms with E-state index < -0.39 is 0 Å². The molecule has 1 N–H and O–H groups in total. The summed E-state index contributed by atoms with van der Waals surface area (Å²) in [5, 5.41) is 8.64. The summed E-state index contributed by atoms with van der Waals surface area (Å²) in [6.45, 7) is 0.308. The molecule has 0 aromatic heterocycles. The number of carbonyl (C=O) groups is 1. The molecule has 2 nitrogen and oxygen atoms in total. The Morgan fingerprint density at radius 1 is 1.07 bits per heavy atom. The van der Waals surface area contributed by atoms with Crippen molar-refractivity contribution in [2.24, 2.45) is 0 Å². The van der Waals surface area contributed by atoms with Crippen molar-refractivity contribution >= 4 is 6.29 Å². The van der Waals surface area contributed by atoms with Crippen molar-refractivity contribution in [2.45, 2.75) is 57.8 Å². The fourth-order valence-electron chi connectivity index (χ4n) is 2.22. The minimum atomic E-state index is 0.308. The zero-order valence-corrected chi connectivity index (χ0v) is 9.50. The Bertz CT molecular complexity index is 219. The second kappa shape index (κ2) is 7.63. The van der Waals surface area contributed by atoms with Crippen LogP contribution in [0.4, 0.5) is 0 Å². The van der Waals surface area contributed by atoms with Crippen LogP contribution in [0.15, 0.2) is 11.1 Å². The van der Waals surface area contributed by atoms with Crippen molar-refractivity contribution < 1.29 is 9.90 Å². The summed E-state index contributed by atoms with van der Waals surface area (Å²) in [6.07, 6.45) is 11.1. The van der Waals surface area contributed by atoms with Gasteiger partial charge in [0.05, 0.1) is 0 Å². The SMILES string of the molecule is O=CC1=C(CCCCCCO)CCCC1. The van der Waals surface area contributed by atoms with Gasteiger partial charge in [-0.25, -0.2) is 0 Å². The first-order valence-electron chi connectivity index (χ1n) is 6.15. The summed E-state index contributed by atoms with van der Waals surface area (Å²) in [7, 11) is 0. The van der Waals surface area contributed by atoms with Gasteiger partial charge in [0.2, 0.25) is 0 Å². The summed E-state index contributed by atoms with van der Waals surface area (Å²) in [5.41, 5.74) is 2.48. The lowest BCUT2D eigenvalue weighted by molar-refractivity contribution is -0.105. The molecule has 0 fully saturated rings. The van der Waals surface area contributed by atoms with Gasteiger partial charge in [-0.3, -0.25) is 4.79 Å². The third kappa shape index (κ3) is 4.61. The van der Waals surface area contributed by atoms with E-state index in [1.54, 1.807) is 0 Å². The third-order valence-corrected chi connectivity index (χ3v) is 3.16. The van der Waals surface area contributed by atoms with Crippen molar-refractivity contribution in [3.05, 3.63) is 11.1 Å². The molecule has 1 aliphatic rings. The lowest BCUT2D eigenvalue weighted by atomic mass is 9.89. The molecule has 0 unspecified atom stereocenters. The molecular formula is C13H22O2. The Morgan fingerprint density at radius 2 is 1.80 bits per heavy atom. The molecule has 0 amide bonds. The quantitative estimate of drug-likeness (QED) is 0.518. The normalized spacial score (nSPS) is 16.9. The molecule has 0 aromatic rings. The number of rotatable bonds is 7. The highest BCUT2D eigenvalue weighted by Crippen LogP contribution is 2.27. The smallest absolute Gasteiger partial charge is 0.145 e. The predicted molar refractivity (Wildman–Crippen MR) is 61.7 cm³/mol. The number of aldehydes is 1. The lowest BCUT2D eigenvalue weighted by Gasteiger charge is -2.16. The molecule has 1 rings (SSSR count). The van der Waals surface area contributed by atoms with E-state index in [0.717, 1.165) is 44.0 Å². The van der Waals surface area contributed by atoms with Gasteiger partial charge in [-0.1, -0.05) is 18.4 Å². The van der Waals surface area contributed by atoms with E-state index in [-0.39, 0.29) is 0 Å². The van der Waals surface area contributed by atoms with Crippen LogP contribution in [0.2, 0.25) is 0 Å². The number of hydrogen-bond donors (Lipinski definition) is 1.